The topological polar surface area (TPSA) is 79.2 Å². The summed E-state index contributed by atoms with van der Waals surface area (Å²) < 4.78 is 42.6. The van der Waals surface area contributed by atoms with Crippen LogP contribution in [0.5, 0.6) is 0 Å². The maximum atomic E-state index is 12.6. The van der Waals surface area contributed by atoms with Crippen molar-refractivity contribution in [3.63, 3.8) is 0 Å². The summed E-state index contributed by atoms with van der Waals surface area (Å²) in [5, 5.41) is 11.2. The Morgan fingerprint density at radius 1 is 1.15 bits per heavy atom. The molecule has 0 spiro atoms. The van der Waals surface area contributed by atoms with Crippen molar-refractivity contribution in [2.45, 2.75) is 6.18 Å². The quantitative estimate of drug-likeness (QED) is 0.638. The number of anilines is 1. The molecule has 0 aliphatic rings. The fraction of sp³-hybridized carbons (Fsp3) is 0.105. The lowest BCUT2D eigenvalue weighted by Crippen LogP contribution is -2.20. The second-order valence-electron chi connectivity index (χ2n) is 5.31. The maximum absolute atomic E-state index is 12.6. The molecule has 2 rings (SSSR count). The third kappa shape index (κ3) is 6.32. The molecule has 1 amide bonds. The van der Waals surface area contributed by atoms with E-state index in [2.05, 4.69) is 5.32 Å². The summed E-state index contributed by atoms with van der Waals surface area (Å²) in [5.74, 6) is -1.50. The number of esters is 1. The molecule has 0 aliphatic carbocycles. The third-order valence-corrected chi connectivity index (χ3v) is 3.25. The minimum Gasteiger partial charge on any atom is -0.452 e. The number of ether oxygens (including phenoxy) is 1. The lowest BCUT2D eigenvalue weighted by Gasteiger charge is -2.07. The van der Waals surface area contributed by atoms with E-state index in [1.54, 1.807) is 18.2 Å². The smallest absolute Gasteiger partial charge is 0.416 e. The molecule has 0 radical (unpaired) electrons. The molecule has 0 unspecified atom stereocenters. The van der Waals surface area contributed by atoms with Crippen molar-refractivity contribution < 1.29 is 27.5 Å². The molecule has 138 valence electrons. The van der Waals surface area contributed by atoms with Gasteiger partial charge in [0.2, 0.25) is 0 Å². The highest BCUT2D eigenvalue weighted by atomic mass is 19.4. The Morgan fingerprint density at radius 3 is 2.59 bits per heavy atom. The molecule has 5 nitrogen and oxygen atoms in total. The average molecular weight is 374 g/mol. The highest BCUT2D eigenvalue weighted by molar-refractivity contribution is 5.94. The van der Waals surface area contributed by atoms with Gasteiger partial charge in [-0.25, -0.2) is 4.79 Å². The Kier molecular flexibility index (Phi) is 6.33. The molecule has 0 atom stereocenters. The van der Waals surface area contributed by atoms with Gasteiger partial charge in [0, 0.05) is 11.8 Å². The molecule has 0 aliphatic heterocycles. The number of carbonyl (C=O) groups excluding carboxylic acids is 2. The lowest BCUT2D eigenvalue weighted by molar-refractivity contribution is -0.142. The van der Waals surface area contributed by atoms with Crippen molar-refractivity contribution in [3.05, 3.63) is 71.3 Å². The summed E-state index contributed by atoms with van der Waals surface area (Å²) in [6.45, 7) is -0.581. The van der Waals surface area contributed by atoms with Gasteiger partial charge < -0.3 is 10.1 Å². The monoisotopic (exact) mass is 374 g/mol. The largest absolute Gasteiger partial charge is 0.452 e. The van der Waals surface area contributed by atoms with Gasteiger partial charge >= 0.3 is 12.1 Å². The zero-order valence-corrected chi connectivity index (χ0v) is 13.8. The molecule has 0 saturated carbocycles. The number of alkyl halides is 3. The zero-order chi connectivity index (χ0) is 19.9. The van der Waals surface area contributed by atoms with E-state index in [9.17, 15) is 22.8 Å². The number of rotatable bonds is 5. The Hall–Kier alpha value is -3.60. The van der Waals surface area contributed by atoms with Crippen molar-refractivity contribution in [2.24, 2.45) is 0 Å². The first-order chi connectivity index (χ1) is 12.8. The Bertz CT molecular complexity index is 915. The number of nitriles is 1. The van der Waals surface area contributed by atoms with E-state index in [1.807, 2.05) is 6.07 Å². The molecule has 0 aromatic heterocycles. The SMILES string of the molecule is N#Cc1cccc(NC(=O)COC(=O)/C=C/c2cccc(C(F)(F)F)c2)c1. The molecule has 2 aromatic rings. The van der Waals surface area contributed by atoms with Crippen LogP contribution in [0.25, 0.3) is 6.08 Å². The summed E-state index contributed by atoms with van der Waals surface area (Å²) in [4.78, 5) is 23.3. The van der Waals surface area contributed by atoms with Gasteiger partial charge in [-0.05, 0) is 42.0 Å². The number of amides is 1. The van der Waals surface area contributed by atoms with Crippen molar-refractivity contribution in [1.82, 2.24) is 0 Å². The van der Waals surface area contributed by atoms with E-state index in [0.717, 1.165) is 24.3 Å². The Balaban J connectivity index is 1.88. The second-order valence-corrected chi connectivity index (χ2v) is 5.31. The maximum Gasteiger partial charge on any atom is 0.416 e. The van der Waals surface area contributed by atoms with Crippen LogP contribution < -0.4 is 5.32 Å². The number of benzene rings is 2. The predicted molar refractivity (Wildman–Crippen MR) is 91.2 cm³/mol. The van der Waals surface area contributed by atoms with Crippen LogP contribution in [0.1, 0.15) is 16.7 Å². The Labute approximate surface area is 152 Å². The summed E-state index contributed by atoms with van der Waals surface area (Å²) in [6.07, 6.45) is -2.39. The van der Waals surface area contributed by atoms with Gasteiger partial charge in [0.25, 0.3) is 5.91 Å². The van der Waals surface area contributed by atoms with Gasteiger partial charge in [0.1, 0.15) is 0 Å². The van der Waals surface area contributed by atoms with Crippen molar-refractivity contribution in [2.75, 3.05) is 11.9 Å². The minimum absolute atomic E-state index is 0.166. The summed E-state index contributed by atoms with van der Waals surface area (Å²) in [7, 11) is 0. The molecule has 1 N–H and O–H groups in total. The van der Waals surface area contributed by atoms with Gasteiger partial charge in [-0.15, -0.1) is 0 Å². The molecular weight excluding hydrogens is 361 g/mol. The Morgan fingerprint density at radius 2 is 1.89 bits per heavy atom. The van der Waals surface area contributed by atoms with Gasteiger partial charge in [-0.2, -0.15) is 18.4 Å². The normalized spacial score (nSPS) is 11.0. The van der Waals surface area contributed by atoms with Crippen LogP contribution in [0, 0.1) is 11.3 Å². The van der Waals surface area contributed by atoms with Crippen LogP contribution in [0.15, 0.2) is 54.6 Å². The number of hydrogen-bond acceptors (Lipinski definition) is 4. The van der Waals surface area contributed by atoms with E-state index in [1.165, 1.54) is 18.2 Å². The summed E-state index contributed by atoms with van der Waals surface area (Å²) >= 11 is 0. The number of nitrogens with one attached hydrogen (secondary N) is 1. The standard InChI is InChI=1S/C19H13F3N2O3/c20-19(21,22)15-5-1-3-13(9-15)7-8-18(26)27-12-17(25)24-16-6-2-4-14(10-16)11-23/h1-10H,12H2,(H,24,25)/b8-7+. The summed E-state index contributed by atoms with van der Waals surface area (Å²) in [6, 6.07) is 12.5. The van der Waals surface area contributed by atoms with Crippen LogP contribution >= 0.6 is 0 Å². The molecule has 0 bridgehead atoms. The third-order valence-electron chi connectivity index (χ3n) is 3.25. The van der Waals surface area contributed by atoms with Crippen molar-refractivity contribution in [1.29, 1.82) is 5.26 Å². The zero-order valence-electron chi connectivity index (χ0n) is 13.8. The first kappa shape index (κ1) is 19.7. The molecule has 0 saturated heterocycles. The van der Waals surface area contributed by atoms with Crippen molar-refractivity contribution >= 4 is 23.6 Å². The molecule has 2 aromatic carbocycles. The van der Waals surface area contributed by atoms with E-state index < -0.39 is 30.2 Å². The van der Waals surface area contributed by atoms with E-state index in [0.29, 0.717) is 11.3 Å². The first-order valence-electron chi connectivity index (χ1n) is 7.60. The van der Waals surface area contributed by atoms with Gasteiger partial charge in [-0.3, -0.25) is 4.79 Å². The van der Waals surface area contributed by atoms with Crippen LogP contribution in [0.3, 0.4) is 0 Å². The number of nitrogens with zero attached hydrogens (tertiary/aromatic N) is 1. The minimum atomic E-state index is -4.48. The van der Waals surface area contributed by atoms with Crippen LogP contribution in [-0.4, -0.2) is 18.5 Å². The van der Waals surface area contributed by atoms with Gasteiger partial charge in [0.05, 0.1) is 17.2 Å². The number of hydrogen-bond donors (Lipinski definition) is 1. The van der Waals surface area contributed by atoms with E-state index in [-0.39, 0.29) is 5.56 Å². The fourth-order valence-electron chi connectivity index (χ4n) is 2.03. The fourth-order valence-corrected chi connectivity index (χ4v) is 2.03. The van der Waals surface area contributed by atoms with Crippen molar-refractivity contribution in [3.8, 4) is 6.07 Å². The highest BCUT2D eigenvalue weighted by Crippen LogP contribution is 2.29. The molecular formula is C19H13F3N2O3. The number of halogens is 3. The van der Waals surface area contributed by atoms with E-state index in [4.69, 9.17) is 10.00 Å². The van der Waals surface area contributed by atoms with Gasteiger partial charge in [-0.1, -0.05) is 18.2 Å². The number of carbonyl (C=O) groups is 2. The van der Waals surface area contributed by atoms with Crippen LogP contribution in [0.2, 0.25) is 0 Å². The predicted octanol–water partition coefficient (Wildman–Crippen LogP) is 3.77. The van der Waals surface area contributed by atoms with Gasteiger partial charge in [0.15, 0.2) is 6.61 Å². The average Bonchev–Trinajstić information content (AvgIpc) is 2.64. The molecule has 8 heteroatoms. The van der Waals surface area contributed by atoms with Crippen LogP contribution in [-0.2, 0) is 20.5 Å². The first-order valence-corrected chi connectivity index (χ1v) is 7.60. The highest BCUT2D eigenvalue weighted by Gasteiger charge is 2.30. The molecule has 0 fully saturated rings. The van der Waals surface area contributed by atoms with E-state index >= 15 is 0 Å². The lowest BCUT2D eigenvalue weighted by atomic mass is 10.1. The van der Waals surface area contributed by atoms with Crippen LogP contribution in [0.4, 0.5) is 18.9 Å². The summed E-state index contributed by atoms with van der Waals surface area (Å²) in [5.41, 5.74) is 0.0555. The molecule has 27 heavy (non-hydrogen) atoms. The molecule has 0 heterocycles. The second kappa shape index (κ2) is 8.67.